The lowest BCUT2D eigenvalue weighted by Crippen LogP contribution is -2.26. The number of carbonyl (C=O) groups excluding carboxylic acids is 1. The van der Waals surface area contributed by atoms with E-state index in [4.69, 9.17) is 5.73 Å². The van der Waals surface area contributed by atoms with Crippen molar-refractivity contribution in [3.05, 3.63) is 52.8 Å². The van der Waals surface area contributed by atoms with Crippen LogP contribution in [0.2, 0.25) is 0 Å². The fourth-order valence-electron chi connectivity index (χ4n) is 1.98. The summed E-state index contributed by atoms with van der Waals surface area (Å²) in [5.74, 6) is 5.66. The van der Waals surface area contributed by atoms with E-state index in [9.17, 15) is 4.79 Å². The number of aromatic amines is 1. The quantitative estimate of drug-likeness (QED) is 0.746. The van der Waals surface area contributed by atoms with Crippen LogP contribution >= 0.6 is 0 Å². The van der Waals surface area contributed by atoms with Gasteiger partial charge in [0.05, 0.1) is 24.3 Å². The molecule has 108 valence electrons. The van der Waals surface area contributed by atoms with E-state index < -0.39 is 0 Å². The van der Waals surface area contributed by atoms with E-state index >= 15 is 0 Å². The van der Waals surface area contributed by atoms with Crippen molar-refractivity contribution in [1.82, 2.24) is 15.5 Å². The summed E-state index contributed by atoms with van der Waals surface area (Å²) in [6, 6.07) is 7.63. The fraction of sp³-hybridized carbons (Fsp3) is 0.250. The molecule has 0 aliphatic heterocycles. The van der Waals surface area contributed by atoms with Gasteiger partial charge in [-0.05, 0) is 31.5 Å². The number of hydrogen-bond acceptors (Lipinski definition) is 3. The van der Waals surface area contributed by atoms with E-state index in [1.807, 2.05) is 38.1 Å². The largest absolute Gasteiger partial charge is 0.345 e. The molecule has 0 fully saturated rings. The van der Waals surface area contributed by atoms with Gasteiger partial charge in [0.25, 0.3) is 5.91 Å². The van der Waals surface area contributed by atoms with E-state index in [2.05, 4.69) is 27.4 Å². The molecule has 1 amide bonds. The van der Waals surface area contributed by atoms with Crippen LogP contribution in [-0.2, 0) is 0 Å². The molecule has 0 radical (unpaired) electrons. The number of aromatic nitrogens is 2. The predicted molar refractivity (Wildman–Crippen MR) is 81.6 cm³/mol. The first-order chi connectivity index (χ1) is 10.1. The molecule has 0 bridgehead atoms. The Morgan fingerprint density at radius 2 is 2.33 bits per heavy atom. The molecule has 5 heteroatoms. The van der Waals surface area contributed by atoms with Crippen molar-refractivity contribution in [3.8, 4) is 11.8 Å². The van der Waals surface area contributed by atoms with E-state index in [-0.39, 0.29) is 11.9 Å². The minimum atomic E-state index is -0.146. The van der Waals surface area contributed by atoms with Gasteiger partial charge in [-0.25, -0.2) is 0 Å². The van der Waals surface area contributed by atoms with Gasteiger partial charge in [0.2, 0.25) is 0 Å². The van der Waals surface area contributed by atoms with Crippen LogP contribution in [0.25, 0.3) is 0 Å². The summed E-state index contributed by atoms with van der Waals surface area (Å²) in [6.07, 6.45) is 1.53. The van der Waals surface area contributed by atoms with Crippen molar-refractivity contribution < 1.29 is 4.79 Å². The van der Waals surface area contributed by atoms with E-state index in [0.29, 0.717) is 12.1 Å². The van der Waals surface area contributed by atoms with Crippen LogP contribution < -0.4 is 11.1 Å². The smallest absolute Gasteiger partial charge is 0.255 e. The topological polar surface area (TPSA) is 83.8 Å². The molecule has 2 aromatic rings. The summed E-state index contributed by atoms with van der Waals surface area (Å²) >= 11 is 0. The Balaban J connectivity index is 2.11. The second-order valence-electron chi connectivity index (χ2n) is 4.74. The highest BCUT2D eigenvalue weighted by molar-refractivity contribution is 5.95. The van der Waals surface area contributed by atoms with Gasteiger partial charge in [-0.15, -0.1) is 0 Å². The van der Waals surface area contributed by atoms with Crippen molar-refractivity contribution in [2.45, 2.75) is 19.9 Å². The number of nitrogens with one attached hydrogen (secondary N) is 2. The highest BCUT2D eigenvalue weighted by Gasteiger charge is 2.14. The molecule has 4 N–H and O–H groups in total. The first kappa shape index (κ1) is 14.8. The summed E-state index contributed by atoms with van der Waals surface area (Å²) < 4.78 is 0. The molecule has 1 aromatic carbocycles. The molecule has 1 heterocycles. The number of carbonyl (C=O) groups is 1. The van der Waals surface area contributed by atoms with Gasteiger partial charge in [0, 0.05) is 11.3 Å². The number of nitrogens with zero attached hydrogens (tertiary/aromatic N) is 1. The molecular formula is C16H18N4O. The van der Waals surface area contributed by atoms with Crippen LogP contribution in [0.1, 0.15) is 40.1 Å². The molecule has 1 aromatic heterocycles. The van der Waals surface area contributed by atoms with Gasteiger partial charge in [0.1, 0.15) is 0 Å². The summed E-state index contributed by atoms with van der Waals surface area (Å²) in [7, 11) is 0. The second kappa shape index (κ2) is 6.73. The van der Waals surface area contributed by atoms with E-state index in [0.717, 1.165) is 16.8 Å². The third kappa shape index (κ3) is 3.71. The van der Waals surface area contributed by atoms with Gasteiger partial charge in [-0.2, -0.15) is 5.10 Å². The van der Waals surface area contributed by atoms with Gasteiger partial charge >= 0.3 is 0 Å². The molecule has 2 rings (SSSR count). The summed E-state index contributed by atoms with van der Waals surface area (Å²) in [6.45, 7) is 4.08. The monoisotopic (exact) mass is 282 g/mol. The Morgan fingerprint density at radius 1 is 1.52 bits per heavy atom. The molecule has 0 aliphatic carbocycles. The van der Waals surface area contributed by atoms with Crippen LogP contribution in [0.5, 0.6) is 0 Å². The lowest BCUT2D eigenvalue weighted by molar-refractivity contribution is 0.0939. The van der Waals surface area contributed by atoms with Gasteiger partial charge in [0.15, 0.2) is 0 Å². The third-order valence-corrected chi connectivity index (χ3v) is 3.14. The summed E-state index contributed by atoms with van der Waals surface area (Å²) in [4.78, 5) is 12.2. The lowest BCUT2D eigenvalue weighted by Gasteiger charge is -2.14. The van der Waals surface area contributed by atoms with Crippen LogP contribution in [0, 0.1) is 18.8 Å². The van der Waals surface area contributed by atoms with Crippen LogP contribution in [-0.4, -0.2) is 22.6 Å². The minimum Gasteiger partial charge on any atom is -0.345 e. The Kier molecular flexibility index (Phi) is 4.75. The molecule has 1 atom stereocenters. The molecule has 5 nitrogen and oxygen atoms in total. The SMILES string of the molecule is Cc1[nH]ncc1C(=O)NC(C)c1cccc(C#CCN)c1. The van der Waals surface area contributed by atoms with Crippen LogP contribution in [0.15, 0.2) is 30.5 Å². The molecule has 0 aliphatic rings. The lowest BCUT2D eigenvalue weighted by atomic mass is 10.0. The zero-order chi connectivity index (χ0) is 15.2. The summed E-state index contributed by atoms with van der Waals surface area (Å²) in [5, 5.41) is 9.56. The maximum absolute atomic E-state index is 12.2. The number of rotatable bonds is 3. The standard InChI is InChI=1S/C16H18N4O/c1-11(19-16(21)15-10-18-20-12(15)2)14-7-3-5-13(9-14)6-4-8-17/h3,5,7,9-11H,8,17H2,1-2H3,(H,18,20)(H,19,21). The molecule has 1 unspecified atom stereocenters. The normalized spacial score (nSPS) is 11.4. The average Bonchev–Trinajstić information content (AvgIpc) is 2.91. The van der Waals surface area contributed by atoms with E-state index in [1.54, 1.807) is 0 Å². The average molecular weight is 282 g/mol. The Morgan fingerprint density at radius 3 is 3.00 bits per heavy atom. The van der Waals surface area contributed by atoms with Gasteiger partial charge < -0.3 is 11.1 Å². The fourth-order valence-corrected chi connectivity index (χ4v) is 1.98. The maximum Gasteiger partial charge on any atom is 0.255 e. The highest BCUT2D eigenvalue weighted by Crippen LogP contribution is 2.15. The minimum absolute atomic E-state index is 0.119. The summed E-state index contributed by atoms with van der Waals surface area (Å²) in [5.41, 5.74) is 8.56. The van der Waals surface area contributed by atoms with Crippen molar-refractivity contribution in [1.29, 1.82) is 0 Å². The number of H-pyrrole nitrogens is 1. The first-order valence-corrected chi connectivity index (χ1v) is 6.71. The third-order valence-electron chi connectivity index (χ3n) is 3.14. The number of nitrogens with two attached hydrogens (primary N) is 1. The highest BCUT2D eigenvalue weighted by atomic mass is 16.1. The number of aryl methyl sites for hydroxylation is 1. The van der Waals surface area contributed by atoms with Crippen molar-refractivity contribution in [3.63, 3.8) is 0 Å². The Labute approximate surface area is 123 Å². The molecule has 0 saturated carbocycles. The van der Waals surface area contributed by atoms with Crippen molar-refractivity contribution in [2.75, 3.05) is 6.54 Å². The molecule has 0 spiro atoms. The number of hydrogen-bond donors (Lipinski definition) is 3. The Hall–Kier alpha value is -2.58. The Bertz CT molecular complexity index is 694. The first-order valence-electron chi connectivity index (χ1n) is 6.71. The van der Waals surface area contributed by atoms with Gasteiger partial charge in [-0.3, -0.25) is 9.89 Å². The zero-order valence-corrected chi connectivity index (χ0v) is 12.1. The molecule has 0 saturated heterocycles. The number of benzene rings is 1. The van der Waals surface area contributed by atoms with Crippen molar-refractivity contribution >= 4 is 5.91 Å². The van der Waals surface area contributed by atoms with Crippen LogP contribution in [0.4, 0.5) is 0 Å². The number of amides is 1. The van der Waals surface area contributed by atoms with Gasteiger partial charge in [-0.1, -0.05) is 24.0 Å². The van der Waals surface area contributed by atoms with Crippen LogP contribution in [0.3, 0.4) is 0 Å². The van der Waals surface area contributed by atoms with Crippen molar-refractivity contribution in [2.24, 2.45) is 5.73 Å². The molecule has 21 heavy (non-hydrogen) atoms. The predicted octanol–water partition coefficient (Wildman–Crippen LogP) is 1.52. The second-order valence-corrected chi connectivity index (χ2v) is 4.74. The van der Waals surface area contributed by atoms with E-state index in [1.165, 1.54) is 6.20 Å². The maximum atomic E-state index is 12.2. The molecular weight excluding hydrogens is 264 g/mol. The zero-order valence-electron chi connectivity index (χ0n) is 12.1.